The third-order valence-corrected chi connectivity index (χ3v) is 2.40. The maximum atomic E-state index is 11.5. The average molecular weight is 229 g/mol. The lowest BCUT2D eigenvalue weighted by molar-refractivity contribution is 0.1000. The summed E-state index contributed by atoms with van der Waals surface area (Å²) in [6.45, 7) is 0. The Morgan fingerprint density at radius 3 is 2.53 bits per heavy atom. The van der Waals surface area contributed by atoms with E-state index in [1.165, 1.54) is 17.8 Å². The summed E-state index contributed by atoms with van der Waals surface area (Å²) in [5.74, 6) is -0.605. The Bertz CT molecular complexity index is 617. The number of aromatic nitrogens is 2. The van der Waals surface area contributed by atoms with Gasteiger partial charge >= 0.3 is 5.69 Å². The predicted molar refractivity (Wildman–Crippen MR) is 63.4 cm³/mol. The molecule has 2 N–H and O–H groups in total. The molecule has 5 nitrogen and oxygen atoms in total. The lowest BCUT2D eigenvalue weighted by atomic mass is 10.1. The smallest absolute Gasteiger partial charge is 0.347 e. The van der Waals surface area contributed by atoms with Crippen LogP contribution in [0.2, 0.25) is 0 Å². The Morgan fingerprint density at radius 1 is 1.29 bits per heavy atom. The highest BCUT2D eigenvalue weighted by atomic mass is 16.1. The summed E-state index contributed by atoms with van der Waals surface area (Å²) >= 11 is 0. The van der Waals surface area contributed by atoms with Gasteiger partial charge in [0.05, 0.1) is 11.3 Å². The zero-order valence-corrected chi connectivity index (χ0v) is 9.25. The van der Waals surface area contributed by atoms with Crippen LogP contribution in [0.5, 0.6) is 0 Å². The topological polar surface area (TPSA) is 78.0 Å². The molecule has 2 rings (SSSR count). The fraction of sp³-hybridized carbons (Fsp3) is 0.0833. The van der Waals surface area contributed by atoms with Crippen LogP contribution in [-0.2, 0) is 7.05 Å². The Kier molecular flexibility index (Phi) is 2.74. The van der Waals surface area contributed by atoms with Crippen LogP contribution >= 0.6 is 0 Å². The number of primary amides is 1. The van der Waals surface area contributed by atoms with Crippen molar-refractivity contribution in [1.82, 2.24) is 9.55 Å². The van der Waals surface area contributed by atoms with Crippen molar-refractivity contribution in [3.63, 3.8) is 0 Å². The average Bonchev–Trinajstić information content (AvgIpc) is 2.33. The first-order valence-electron chi connectivity index (χ1n) is 5.02. The number of nitrogens with zero attached hydrogens (tertiary/aromatic N) is 2. The molecule has 0 bridgehead atoms. The first-order valence-corrected chi connectivity index (χ1v) is 5.02. The minimum Gasteiger partial charge on any atom is -0.365 e. The van der Waals surface area contributed by atoms with Gasteiger partial charge in [-0.3, -0.25) is 4.79 Å². The second-order valence-electron chi connectivity index (χ2n) is 3.63. The summed E-state index contributed by atoms with van der Waals surface area (Å²) in [6.07, 6.45) is 1.40. The van der Waals surface area contributed by atoms with Crippen LogP contribution in [-0.4, -0.2) is 15.5 Å². The van der Waals surface area contributed by atoms with E-state index in [9.17, 15) is 9.59 Å². The Labute approximate surface area is 97.5 Å². The molecule has 0 spiro atoms. The van der Waals surface area contributed by atoms with E-state index in [1.54, 1.807) is 24.3 Å². The highest BCUT2D eigenvalue weighted by Gasteiger charge is 2.13. The fourth-order valence-corrected chi connectivity index (χ4v) is 1.54. The van der Waals surface area contributed by atoms with E-state index in [1.807, 2.05) is 6.07 Å². The number of carbonyl (C=O) groups is 1. The molecule has 86 valence electrons. The van der Waals surface area contributed by atoms with Crippen molar-refractivity contribution in [3.05, 3.63) is 52.6 Å². The van der Waals surface area contributed by atoms with Gasteiger partial charge in [0.2, 0.25) is 0 Å². The Balaban J connectivity index is 2.73. The number of hydrogen-bond acceptors (Lipinski definition) is 3. The Morgan fingerprint density at radius 2 is 1.94 bits per heavy atom. The molecule has 1 aromatic heterocycles. The second kappa shape index (κ2) is 4.21. The molecule has 0 atom stereocenters. The lowest BCUT2D eigenvalue weighted by Gasteiger charge is -2.07. The van der Waals surface area contributed by atoms with Crippen molar-refractivity contribution in [2.75, 3.05) is 0 Å². The van der Waals surface area contributed by atoms with Crippen LogP contribution in [0.15, 0.2) is 41.3 Å². The molecule has 2 aromatic rings. The Hall–Kier alpha value is -2.43. The molecule has 17 heavy (non-hydrogen) atoms. The fourth-order valence-electron chi connectivity index (χ4n) is 1.54. The van der Waals surface area contributed by atoms with Gasteiger partial charge in [0.15, 0.2) is 0 Å². The number of carbonyl (C=O) groups excluding carboxylic acids is 1. The normalized spacial score (nSPS) is 10.2. The van der Waals surface area contributed by atoms with Gasteiger partial charge in [-0.05, 0) is 0 Å². The summed E-state index contributed by atoms with van der Waals surface area (Å²) in [4.78, 5) is 26.7. The van der Waals surface area contributed by atoms with Crippen LogP contribution in [0.1, 0.15) is 10.4 Å². The van der Waals surface area contributed by atoms with Gasteiger partial charge < -0.3 is 10.3 Å². The largest absolute Gasteiger partial charge is 0.365 e. The summed E-state index contributed by atoms with van der Waals surface area (Å²) < 4.78 is 1.23. The zero-order valence-electron chi connectivity index (χ0n) is 9.25. The molecule has 0 aliphatic rings. The number of amides is 1. The summed E-state index contributed by atoms with van der Waals surface area (Å²) in [6, 6.07) is 9.00. The van der Waals surface area contributed by atoms with Crippen molar-refractivity contribution in [2.24, 2.45) is 12.8 Å². The van der Waals surface area contributed by atoms with E-state index in [0.29, 0.717) is 11.3 Å². The van der Waals surface area contributed by atoms with Crippen LogP contribution in [0.4, 0.5) is 0 Å². The predicted octanol–water partition coefficient (Wildman–Crippen LogP) is 0.546. The third-order valence-electron chi connectivity index (χ3n) is 2.40. The highest BCUT2D eigenvalue weighted by molar-refractivity contribution is 5.98. The molecule has 0 radical (unpaired) electrons. The number of benzene rings is 1. The SMILES string of the molecule is Cn1cc(C(N)=O)c(-c2ccccc2)nc1=O. The van der Waals surface area contributed by atoms with Crippen LogP contribution in [0.25, 0.3) is 11.3 Å². The number of hydrogen-bond donors (Lipinski definition) is 1. The van der Waals surface area contributed by atoms with E-state index in [2.05, 4.69) is 4.98 Å². The molecular formula is C12H11N3O2. The van der Waals surface area contributed by atoms with Crippen molar-refractivity contribution >= 4 is 5.91 Å². The first-order chi connectivity index (χ1) is 8.09. The van der Waals surface area contributed by atoms with E-state index in [0.717, 1.165) is 0 Å². The minimum atomic E-state index is -0.605. The van der Waals surface area contributed by atoms with Gasteiger partial charge in [-0.25, -0.2) is 4.79 Å². The van der Waals surface area contributed by atoms with Gasteiger partial charge in [-0.15, -0.1) is 0 Å². The zero-order chi connectivity index (χ0) is 12.4. The monoisotopic (exact) mass is 229 g/mol. The van der Waals surface area contributed by atoms with E-state index in [4.69, 9.17) is 5.73 Å². The molecule has 0 aliphatic heterocycles. The van der Waals surface area contributed by atoms with Crippen LogP contribution in [0, 0.1) is 0 Å². The number of aryl methyl sites for hydroxylation is 1. The molecule has 0 saturated heterocycles. The molecule has 0 aliphatic carbocycles. The molecule has 1 amide bonds. The van der Waals surface area contributed by atoms with Crippen molar-refractivity contribution < 1.29 is 4.79 Å². The van der Waals surface area contributed by atoms with Crippen molar-refractivity contribution in [1.29, 1.82) is 0 Å². The van der Waals surface area contributed by atoms with Crippen molar-refractivity contribution in [2.45, 2.75) is 0 Å². The molecule has 0 fully saturated rings. The van der Waals surface area contributed by atoms with Crippen molar-refractivity contribution in [3.8, 4) is 11.3 Å². The van der Waals surface area contributed by atoms with Gasteiger partial charge in [0.25, 0.3) is 5.91 Å². The molecule has 0 saturated carbocycles. The maximum Gasteiger partial charge on any atom is 0.347 e. The summed E-state index contributed by atoms with van der Waals surface area (Å²) in [7, 11) is 1.52. The molecular weight excluding hydrogens is 218 g/mol. The van der Waals surface area contributed by atoms with E-state index < -0.39 is 11.6 Å². The minimum absolute atomic E-state index is 0.235. The van der Waals surface area contributed by atoms with Gasteiger partial charge in [0.1, 0.15) is 0 Å². The lowest BCUT2D eigenvalue weighted by Crippen LogP contribution is -2.25. The summed E-state index contributed by atoms with van der Waals surface area (Å²) in [5, 5.41) is 0. The number of rotatable bonds is 2. The highest BCUT2D eigenvalue weighted by Crippen LogP contribution is 2.18. The van der Waals surface area contributed by atoms with Gasteiger partial charge in [-0.1, -0.05) is 30.3 Å². The molecule has 5 heteroatoms. The standard InChI is InChI=1S/C12H11N3O2/c1-15-7-9(11(13)16)10(14-12(15)17)8-5-3-2-4-6-8/h2-7H,1H3,(H2,13,16). The quantitative estimate of drug-likeness (QED) is 0.816. The molecule has 0 unspecified atom stereocenters. The first kappa shape index (κ1) is 11.1. The van der Waals surface area contributed by atoms with Gasteiger partial charge in [0, 0.05) is 18.8 Å². The van der Waals surface area contributed by atoms with Gasteiger partial charge in [-0.2, -0.15) is 4.98 Å². The van der Waals surface area contributed by atoms with Crippen LogP contribution in [0.3, 0.4) is 0 Å². The van der Waals surface area contributed by atoms with E-state index in [-0.39, 0.29) is 5.56 Å². The molecule has 1 aromatic carbocycles. The van der Waals surface area contributed by atoms with Crippen LogP contribution < -0.4 is 11.4 Å². The maximum absolute atomic E-state index is 11.5. The third kappa shape index (κ3) is 2.08. The second-order valence-corrected chi connectivity index (χ2v) is 3.63. The summed E-state index contributed by atoms with van der Waals surface area (Å²) in [5.41, 5.74) is 6.10. The van der Waals surface area contributed by atoms with E-state index >= 15 is 0 Å². The molecule has 1 heterocycles. The number of nitrogens with two attached hydrogens (primary N) is 1.